The quantitative estimate of drug-likeness (QED) is 0.903. The lowest BCUT2D eigenvalue weighted by molar-refractivity contribution is 0.0827. The van der Waals surface area contributed by atoms with E-state index in [9.17, 15) is 9.59 Å². The van der Waals surface area contributed by atoms with Crippen molar-refractivity contribution in [2.75, 3.05) is 14.1 Å². The molecule has 21 heavy (non-hydrogen) atoms. The van der Waals surface area contributed by atoms with E-state index < -0.39 is 0 Å². The summed E-state index contributed by atoms with van der Waals surface area (Å²) >= 11 is 4.73. The second-order valence-corrected chi connectivity index (χ2v) is 7.15. The average molecular weight is 367 g/mol. The minimum atomic E-state index is -0.0980. The molecule has 0 unspecified atom stereocenters. The second kappa shape index (κ2) is 6.87. The van der Waals surface area contributed by atoms with Crippen molar-refractivity contribution in [2.45, 2.75) is 6.54 Å². The third-order valence-corrected chi connectivity index (χ3v) is 4.48. The molecule has 0 bridgehead atoms. The van der Waals surface area contributed by atoms with Gasteiger partial charge in [-0.3, -0.25) is 9.59 Å². The molecule has 0 atom stereocenters. The minimum Gasteiger partial charge on any atom is -0.347 e. The molecule has 0 radical (unpaired) electrons. The molecule has 0 aliphatic rings. The van der Waals surface area contributed by atoms with Crippen molar-refractivity contribution < 1.29 is 9.59 Å². The van der Waals surface area contributed by atoms with Crippen molar-refractivity contribution in [1.82, 2.24) is 10.2 Å². The summed E-state index contributed by atoms with van der Waals surface area (Å²) in [5.41, 5.74) is 1.59. The third-order valence-electron chi connectivity index (χ3n) is 2.86. The summed E-state index contributed by atoms with van der Waals surface area (Å²) in [6, 6.07) is 10.9. The number of rotatable bonds is 4. The fourth-order valence-electron chi connectivity index (χ4n) is 1.73. The maximum Gasteiger partial charge on any atom is 0.261 e. The Morgan fingerprint density at radius 1 is 1.14 bits per heavy atom. The van der Waals surface area contributed by atoms with Gasteiger partial charge in [-0.1, -0.05) is 12.1 Å². The minimum absolute atomic E-state index is 0.0333. The van der Waals surface area contributed by atoms with Gasteiger partial charge < -0.3 is 10.2 Å². The summed E-state index contributed by atoms with van der Waals surface area (Å²) in [7, 11) is 3.44. The molecule has 1 heterocycles. The number of carbonyl (C=O) groups excluding carboxylic acids is 2. The van der Waals surface area contributed by atoms with E-state index in [0.717, 1.165) is 9.35 Å². The smallest absolute Gasteiger partial charge is 0.261 e. The first-order valence-corrected chi connectivity index (χ1v) is 7.92. The first-order valence-electron chi connectivity index (χ1n) is 6.31. The highest BCUT2D eigenvalue weighted by Gasteiger charge is 2.09. The topological polar surface area (TPSA) is 49.4 Å². The van der Waals surface area contributed by atoms with E-state index in [0.29, 0.717) is 17.0 Å². The molecule has 2 aromatic rings. The van der Waals surface area contributed by atoms with Gasteiger partial charge in [0, 0.05) is 26.2 Å². The lowest BCUT2D eigenvalue weighted by Crippen LogP contribution is -2.23. The molecular weight excluding hydrogens is 352 g/mol. The first kappa shape index (κ1) is 15.7. The monoisotopic (exact) mass is 366 g/mol. The van der Waals surface area contributed by atoms with Gasteiger partial charge >= 0.3 is 0 Å². The van der Waals surface area contributed by atoms with Gasteiger partial charge in [0.25, 0.3) is 11.8 Å². The van der Waals surface area contributed by atoms with E-state index in [2.05, 4.69) is 21.2 Å². The van der Waals surface area contributed by atoms with Crippen LogP contribution >= 0.6 is 27.3 Å². The molecule has 1 aromatic heterocycles. The number of hydrogen-bond donors (Lipinski definition) is 1. The number of nitrogens with one attached hydrogen (secondary N) is 1. The molecule has 2 rings (SSSR count). The lowest BCUT2D eigenvalue weighted by atomic mass is 10.1. The van der Waals surface area contributed by atoms with E-state index in [1.54, 1.807) is 32.3 Å². The molecule has 6 heteroatoms. The summed E-state index contributed by atoms with van der Waals surface area (Å²) in [5, 5.41) is 2.86. The fourth-order valence-corrected chi connectivity index (χ4v) is 3.03. The van der Waals surface area contributed by atoms with Crippen LogP contribution in [-0.4, -0.2) is 30.8 Å². The molecule has 2 amide bonds. The highest BCUT2D eigenvalue weighted by atomic mass is 79.9. The van der Waals surface area contributed by atoms with Gasteiger partial charge in [-0.25, -0.2) is 0 Å². The van der Waals surface area contributed by atoms with Crippen molar-refractivity contribution in [3.05, 3.63) is 56.2 Å². The van der Waals surface area contributed by atoms with Crippen LogP contribution < -0.4 is 5.32 Å². The Kier molecular flexibility index (Phi) is 5.14. The van der Waals surface area contributed by atoms with Crippen molar-refractivity contribution in [1.29, 1.82) is 0 Å². The van der Waals surface area contributed by atoms with Gasteiger partial charge in [0.15, 0.2) is 0 Å². The molecule has 4 nitrogen and oxygen atoms in total. The summed E-state index contributed by atoms with van der Waals surface area (Å²) in [6.45, 7) is 0.435. The standard InChI is InChI=1S/C15H15BrN2O2S/c1-18(2)15(20)11-5-3-10(4-6-11)9-17-14(19)12-7-8-13(16)21-12/h3-8H,9H2,1-2H3,(H,17,19). The Hall–Kier alpha value is -1.66. The summed E-state index contributed by atoms with van der Waals surface area (Å²) in [6.07, 6.45) is 0. The molecule has 110 valence electrons. The largest absolute Gasteiger partial charge is 0.347 e. The third kappa shape index (κ3) is 4.15. The summed E-state index contributed by atoms with van der Waals surface area (Å²) < 4.78 is 0.930. The van der Waals surface area contributed by atoms with Crippen molar-refractivity contribution in [2.24, 2.45) is 0 Å². The van der Waals surface area contributed by atoms with E-state index in [1.807, 2.05) is 18.2 Å². The van der Waals surface area contributed by atoms with Crippen LogP contribution in [0.4, 0.5) is 0 Å². The van der Waals surface area contributed by atoms with E-state index in [4.69, 9.17) is 0 Å². The number of halogens is 1. The SMILES string of the molecule is CN(C)C(=O)c1ccc(CNC(=O)c2ccc(Br)s2)cc1. The van der Waals surface area contributed by atoms with E-state index in [-0.39, 0.29) is 11.8 Å². The molecular formula is C15H15BrN2O2S. The average Bonchev–Trinajstić information content (AvgIpc) is 2.91. The number of nitrogens with zero attached hydrogens (tertiary/aromatic N) is 1. The Morgan fingerprint density at radius 2 is 1.81 bits per heavy atom. The van der Waals surface area contributed by atoms with Crippen molar-refractivity contribution in [3.8, 4) is 0 Å². The molecule has 0 spiro atoms. The molecule has 1 N–H and O–H groups in total. The van der Waals surface area contributed by atoms with Crippen molar-refractivity contribution >= 4 is 39.1 Å². The molecule has 0 saturated carbocycles. The normalized spacial score (nSPS) is 10.2. The van der Waals surface area contributed by atoms with Gasteiger partial charge in [-0.15, -0.1) is 11.3 Å². The fraction of sp³-hybridized carbons (Fsp3) is 0.200. The van der Waals surface area contributed by atoms with Crippen LogP contribution in [0.15, 0.2) is 40.2 Å². The maximum atomic E-state index is 11.9. The number of carbonyl (C=O) groups is 2. The first-order chi connectivity index (χ1) is 9.97. The number of thiophene rings is 1. The number of benzene rings is 1. The van der Waals surface area contributed by atoms with Gasteiger partial charge in [0.2, 0.25) is 0 Å². The molecule has 0 saturated heterocycles. The van der Waals surface area contributed by atoms with Crippen molar-refractivity contribution in [3.63, 3.8) is 0 Å². The Labute approximate surface area is 135 Å². The van der Waals surface area contributed by atoms with Gasteiger partial charge in [0.05, 0.1) is 8.66 Å². The zero-order valence-corrected chi connectivity index (χ0v) is 14.1. The zero-order chi connectivity index (χ0) is 15.4. The van der Waals surface area contributed by atoms with Crippen LogP contribution in [0.2, 0.25) is 0 Å². The zero-order valence-electron chi connectivity index (χ0n) is 11.7. The number of hydrogen-bond acceptors (Lipinski definition) is 3. The van der Waals surface area contributed by atoms with Crippen LogP contribution in [0.5, 0.6) is 0 Å². The molecule has 0 fully saturated rings. The highest BCUT2D eigenvalue weighted by Crippen LogP contribution is 2.21. The predicted octanol–water partition coefficient (Wildman–Crippen LogP) is 3.14. The molecule has 1 aromatic carbocycles. The predicted molar refractivity (Wildman–Crippen MR) is 87.6 cm³/mol. The van der Waals surface area contributed by atoms with Crippen LogP contribution in [0.1, 0.15) is 25.6 Å². The second-order valence-electron chi connectivity index (χ2n) is 4.68. The Balaban J connectivity index is 1.95. The lowest BCUT2D eigenvalue weighted by Gasteiger charge is -2.10. The van der Waals surface area contributed by atoms with Gasteiger partial charge in [0.1, 0.15) is 0 Å². The van der Waals surface area contributed by atoms with Crippen LogP contribution in [0, 0.1) is 0 Å². The van der Waals surface area contributed by atoms with Crippen LogP contribution in [0.25, 0.3) is 0 Å². The Bertz CT molecular complexity index is 650. The summed E-state index contributed by atoms with van der Waals surface area (Å²) in [4.78, 5) is 25.9. The highest BCUT2D eigenvalue weighted by molar-refractivity contribution is 9.11. The van der Waals surface area contributed by atoms with Crippen LogP contribution in [-0.2, 0) is 6.54 Å². The van der Waals surface area contributed by atoms with Gasteiger partial charge in [-0.2, -0.15) is 0 Å². The molecule has 0 aliphatic heterocycles. The van der Waals surface area contributed by atoms with E-state index >= 15 is 0 Å². The Morgan fingerprint density at radius 3 is 2.33 bits per heavy atom. The summed E-state index contributed by atoms with van der Waals surface area (Å²) in [5.74, 6) is -0.131. The van der Waals surface area contributed by atoms with Gasteiger partial charge in [-0.05, 0) is 45.8 Å². The molecule has 0 aliphatic carbocycles. The number of amides is 2. The van der Waals surface area contributed by atoms with Crippen LogP contribution in [0.3, 0.4) is 0 Å². The van der Waals surface area contributed by atoms with E-state index in [1.165, 1.54) is 16.2 Å². The maximum absolute atomic E-state index is 11.9.